The maximum atomic E-state index is 13.2. The van der Waals surface area contributed by atoms with Gasteiger partial charge in [-0.25, -0.2) is 4.39 Å². The first-order valence-electron chi connectivity index (χ1n) is 9.82. The molecule has 0 atom stereocenters. The lowest BCUT2D eigenvalue weighted by Gasteiger charge is -2.08. The van der Waals surface area contributed by atoms with Crippen molar-refractivity contribution in [2.75, 3.05) is 0 Å². The van der Waals surface area contributed by atoms with Gasteiger partial charge < -0.3 is 5.32 Å². The smallest absolute Gasteiger partial charge is 0.269 e. The third-order valence-electron chi connectivity index (χ3n) is 4.52. The summed E-state index contributed by atoms with van der Waals surface area (Å²) in [6, 6.07) is 12.9. The molecule has 0 saturated carbocycles. The highest BCUT2D eigenvalue weighted by Crippen LogP contribution is 2.08. The normalized spacial score (nSPS) is 12.4. The number of ketones is 1. The molecular weight excluding hydrogens is 415 g/mol. The number of Topliss-reactive ketones (excluding diaryl/α,β-unsaturated/α-hetero) is 1. The molecule has 0 fully saturated rings. The Labute approximate surface area is 183 Å². The number of thiazole rings is 1. The van der Waals surface area contributed by atoms with Gasteiger partial charge in [0.1, 0.15) is 17.0 Å². The SMILES string of the molecule is Cc1ccccc1C(=O)C=c1sc(=Cc2ccc(F)cc2)c(=O)n1CC(=O)NC(C)C. The number of hydrogen-bond acceptors (Lipinski definition) is 4. The van der Waals surface area contributed by atoms with Crippen LogP contribution in [0.3, 0.4) is 0 Å². The quantitative estimate of drug-likeness (QED) is 0.601. The Morgan fingerprint density at radius 3 is 2.45 bits per heavy atom. The van der Waals surface area contributed by atoms with Crippen LogP contribution in [0.15, 0.2) is 53.3 Å². The van der Waals surface area contributed by atoms with E-state index in [1.807, 2.05) is 32.9 Å². The van der Waals surface area contributed by atoms with Gasteiger partial charge in [-0.2, -0.15) is 0 Å². The molecular formula is C24H23FN2O3S. The van der Waals surface area contributed by atoms with E-state index in [4.69, 9.17) is 0 Å². The molecule has 0 aliphatic rings. The summed E-state index contributed by atoms with van der Waals surface area (Å²) in [6.07, 6.45) is 3.01. The largest absolute Gasteiger partial charge is 0.352 e. The predicted octanol–water partition coefficient (Wildman–Crippen LogP) is 2.37. The van der Waals surface area contributed by atoms with Gasteiger partial charge in [0.25, 0.3) is 5.56 Å². The third kappa shape index (κ3) is 5.64. The molecule has 7 heteroatoms. The summed E-state index contributed by atoms with van der Waals surface area (Å²) >= 11 is 1.12. The zero-order valence-electron chi connectivity index (χ0n) is 17.5. The summed E-state index contributed by atoms with van der Waals surface area (Å²) < 4.78 is 15.2. The average molecular weight is 439 g/mol. The van der Waals surface area contributed by atoms with E-state index in [1.54, 1.807) is 30.3 Å². The van der Waals surface area contributed by atoms with E-state index in [1.165, 1.54) is 22.8 Å². The number of aryl methyl sites for hydroxylation is 1. The predicted molar refractivity (Wildman–Crippen MR) is 121 cm³/mol. The van der Waals surface area contributed by atoms with Crippen LogP contribution in [0.2, 0.25) is 0 Å². The monoisotopic (exact) mass is 438 g/mol. The second-order valence-corrected chi connectivity index (χ2v) is 8.50. The van der Waals surface area contributed by atoms with Gasteiger partial charge in [-0.05, 0) is 50.1 Å². The van der Waals surface area contributed by atoms with E-state index in [2.05, 4.69) is 5.32 Å². The molecule has 31 heavy (non-hydrogen) atoms. The van der Waals surface area contributed by atoms with Crippen LogP contribution in [0.5, 0.6) is 0 Å². The minimum Gasteiger partial charge on any atom is -0.352 e. The maximum absolute atomic E-state index is 13.2. The Kier molecular flexibility index (Phi) is 6.97. The van der Waals surface area contributed by atoms with Crippen molar-refractivity contribution in [2.24, 2.45) is 0 Å². The first-order chi connectivity index (χ1) is 14.7. The number of nitrogens with one attached hydrogen (secondary N) is 1. The Morgan fingerprint density at radius 2 is 1.81 bits per heavy atom. The molecule has 1 amide bonds. The minimum absolute atomic E-state index is 0.0758. The highest BCUT2D eigenvalue weighted by atomic mass is 32.1. The minimum atomic E-state index is -0.378. The topological polar surface area (TPSA) is 68.2 Å². The summed E-state index contributed by atoms with van der Waals surface area (Å²) in [7, 11) is 0. The van der Waals surface area contributed by atoms with Gasteiger partial charge in [-0.3, -0.25) is 19.0 Å². The molecule has 0 aliphatic carbocycles. The zero-order chi connectivity index (χ0) is 22.5. The van der Waals surface area contributed by atoms with Gasteiger partial charge in [0, 0.05) is 17.7 Å². The van der Waals surface area contributed by atoms with Crippen molar-refractivity contribution in [3.8, 4) is 0 Å². The molecule has 0 radical (unpaired) electrons. The fourth-order valence-electron chi connectivity index (χ4n) is 3.05. The molecule has 0 unspecified atom stereocenters. The first kappa shape index (κ1) is 22.4. The van der Waals surface area contributed by atoms with E-state index in [0.717, 1.165) is 16.9 Å². The second-order valence-electron chi connectivity index (χ2n) is 7.44. The lowest BCUT2D eigenvalue weighted by Crippen LogP contribution is -2.40. The number of carbonyl (C=O) groups excluding carboxylic acids is 2. The van der Waals surface area contributed by atoms with Crippen molar-refractivity contribution >= 4 is 35.2 Å². The molecule has 3 aromatic rings. The fraction of sp³-hybridized carbons (Fsp3) is 0.208. The highest BCUT2D eigenvalue weighted by Gasteiger charge is 2.13. The fourth-order valence-corrected chi connectivity index (χ4v) is 4.10. The summed E-state index contributed by atoms with van der Waals surface area (Å²) in [5.41, 5.74) is 1.63. The molecule has 0 bridgehead atoms. The number of benzene rings is 2. The molecule has 0 aliphatic heterocycles. The highest BCUT2D eigenvalue weighted by molar-refractivity contribution is 7.07. The molecule has 160 valence electrons. The zero-order valence-corrected chi connectivity index (χ0v) is 18.3. The summed E-state index contributed by atoms with van der Waals surface area (Å²) in [6.45, 7) is 5.30. The number of amides is 1. The van der Waals surface area contributed by atoms with Crippen LogP contribution in [0.4, 0.5) is 4.39 Å². The van der Waals surface area contributed by atoms with Gasteiger partial charge >= 0.3 is 0 Å². The van der Waals surface area contributed by atoms with Crippen LogP contribution in [0.1, 0.15) is 35.3 Å². The molecule has 0 spiro atoms. The molecule has 3 rings (SSSR count). The van der Waals surface area contributed by atoms with Gasteiger partial charge in [-0.1, -0.05) is 36.4 Å². The van der Waals surface area contributed by atoms with Crippen LogP contribution in [0.25, 0.3) is 12.2 Å². The average Bonchev–Trinajstić information content (AvgIpc) is 2.98. The van der Waals surface area contributed by atoms with E-state index >= 15 is 0 Å². The lowest BCUT2D eigenvalue weighted by atomic mass is 10.1. The van der Waals surface area contributed by atoms with Gasteiger partial charge in [-0.15, -0.1) is 11.3 Å². The van der Waals surface area contributed by atoms with Gasteiger partial charge in [0.05, 0.1) is 4.53 Å². The molecule has 1 aromatic heterocycles. The Morgan fingerprint density at radius 1 is 1.13 bits per heavy atom. The Hall–Kier alpha value is -3.32. The van der Waals surface area contributed by atoms with Crippen LogP contribution < -0.4 is 20.1 Å². The number of rotatable bonds is 6. The molecule has 2 aromatic carbocycles. The van der Waals surface area contributed by atoms with E-state index in [0.29, 0.717) is 20.3 Å². The molecule has 0 saturated heterocycles. The van der Waals surface area contributed by atoms with Crippen molar-refractivity contribution in [1.29, 1.82) is 0 Å². The molecule has 5 nitrogen and oxygen atoms in total. The molecule has 1 heterocycles. The van der Waals surface area contributed by atoms with E-state index < -0.39 is 0 Å². The number of halogens is 1. The summed E-state index contributed by atoms with van der Waals surface area (Å²) in [4.78, 5) is 38.2. The second kappa shape index (κ2) is 9.66. The van der Waals surface area contributed by atoms with Crippen LogP contribution in [-0.2, 0) is 11.3 Å². The number of carbonyl (C=O) groups is 2. The van der Waals surface area contributed by atoms with Crippen molar-refractivity contribution < 1.29 is 14.0 Å². The first-order valence-corrected chi connectivity index (χ1v) is 10.6. The van der Waals surface area contributed by atoms with Gasteiger partial charge in [0.15, 0.2) is 5.78 Å². The summed E-state index contributed by atoms with van der Waals surface area (Å²) in [5, 5.41) is 2.76. The number of nitrogens with zero attached hydrogens (tertiary/aromatic N) is 1. The van der Waals surface area contributed by atoms with Crippen LogP contribution in [0, 0.1) is 12.7 Å². The maximum Gasteiger partial charge on any atom is 0.269 e. The van der Waals surface area contributed by atoms with Crippen molar-refractivity contribution in [3.05, 3.63) is 90.6 Å². The Bertz CT molecular complexity index is 1290. The third-order valence-corrected chi connectivity index (χ3v) is 5.58. The van der Waals surface area contributed by atoms with Crippen molar-refractivity contribution in [3.63, 3.8) is 0 Å². The molecule has 1 N–H and O–H groups in total. The standard InChI is InChI=1S/C24H23FN2O3S/c1-15(2)26-22(29)14-27-23(13-20(28)19-7-5-4-6-16(19)3)31-21(24(27)30)12-17-8-10-18(25)11-9-17/h4-13,15H,14H2,1-3H3,(H,26,29). The number of aromatic nitrogens is 1. The van der Waals surface area contributed by atoms with E-state index in [-0.39, 0.29) is 35.7 Å². The Balaban J connectivity index is 2.13. The number of hydrogen-bond donors (Lipinski definition) is 1. The van der Waals surface area contributed by atoms with Crippen LogP contribution in [-0.4, -0.2) is 22.3 Å². The lowest BCUT2D eigenvalue weighted by molar-refractivity contribution is -0.122. The summed E-state index contributed by atoms with van der Waals surface area (Å²) in [5.74, 6) is -0.934. The van der Waals surface area contributed by atoms with Crippen LogP contribution >= 0.6 is 11.3 Å². The van der Waals surface area contributed by atoms with E-state index in [9.17, 15) is 18.8 Å². The van der Waals surface area contributed by atoms with Crippen molar-refractivity contribution in [1.82, 2.24) is 9.88 Å². The van der Waals surface area contributed by atoms with Gasteiger partial charge in [0.2, 0.25) is 5.91 Å². The van der Waals surface area contributed by atoms with Crippen molar-refractivity contribution in [2.45, 2.75) is 33.4 Å².